The molecule has 0 aliphatic carbocycles. The molecular weight excluding hydrogens is 516 g/mol. The summed E-state index contributed by atoms with van der Waals surface area (Å²) in [5, 5.41) is 9.71. The van der Waals surface area contributed by atoms with Crippen LogP contribution in [0.5, 0.6) is 0 Å². The zero-order valence-corrected chi connectivity index (χ0v) is 20.0. The average Bonchev–Trinajstić information content (AvgIpc) is 3.25. The zero-order valence-electron chi connectivity index (χ0n) is 19.2. The smallest absolute Gasteiger partial charge is 0.351 e. The zero-order chi connectivity index (χ0) is 26.3. The van der Waals surface area contributed by atoms with Crippen LogP contribution in [0, 0.1) is 0 Å². The summed E-state index contributed by atoms with van der Waals surface area (Å²) in [6, 6.07) is -0.988. The van der Waals surface area contributed by atoms with E-state index in [2.05, 4.69) is 25.7 Å². The van der Waals surface area contributed by atoms with E-state index >= 15 is 0 Å². The maximum absolute atomic E-state index is 14.1. The molecule has 2 saturated heterocycles. The lowest BCUT2D eigenvalue weighted by molar-refractivity contribution is -0.145. The number of halogens is 6. The van der Waals surface area contributed by atoms with Gasteiger partial charge in [-0.3, -0.25) is 4.68 Å². The molecule has 0 amide bonds. The number of alkyl halides is 6. The van der Waals surface area contributed by atoms with Crippen molar-refractivity contribution in [2.45, 2.75) is 50.1 Å². The van der Waals surface area contributed by atoms with Crippen molar-refractivity contribution in [3.63, 3.8) is 0 Å². The summed E-state index contributed by atoms with van der Waals surface area (Å²) in [5.74, 6) is -0.279. The quantitative estimate of drug-likeness (QED) is 0.561. The van der Waals surface area contributed by atoms with Gasteiger partial charge >= 0.3 is 12.4 Å². The minimum Gasteiger partial charge on any atom is -0.351 e. The molecule has 2 fully saturated rings. The monoisotopic (exact) mass is 541 g/mol. The van der Waals surface area contributed by atoms with Crippen LogP contribution in [0.25, 0.3) is 11.3 Å². The molecule has 16 heteroatoms. The largest absolute Gasteiger partial charge is 0.433 e. The number of hydrogen-bond acceptors (Lipinski definition) is 7. The van der Waals surface area contributed by atoms with E-state index in [1.54, 1.807) is 0 Å². The summed E-state index contributed by atoms with van der Waals surface area (Å²) in [7, 11) is -3.38. The van der Waals surface area contributed by atoms with Crippen LogP contribution in [0.3, 0.4) is 0 Å². The van der Waals surface area contributed by atoms with E-state index < -0.39 is 50.9 Å². The first-order valence-corrected chi connectivity index (χ1v) is 13.1. The van der Waals surface area contributed by atoms with Gasteiger partial charge in [0.2, 0.25) is 16.0 Å². The van der Waals surface area contributed by atoms with E-state index in [1.165, 1.54) is 4.31 Å². The summed E-state index contributed by atoms with van der Waals surface area (Å²) in [4.78, 5) is 7.56. The maximum Gasteiger partial charge on any atom is 0.433 e. The van der Waals surface area contributed by atoms with Gasteiger partial charge in [-0.25, -0.2) is 22.7 Å². The third-order valence-corrected chi connectivity index (χ3v) is 7.63. The molecule has 0 radical (unpaired) electrons. The van der Waals surface area contributed by atoms with Crippen LogP contribution < -0.4 is 10.6 Å². The molecule has 2 aliphatic rings. The third kappa shape index (κ3) is 5.75. The van der Waals surface area contributed by atoms with E-state index in [0.717, 1.165) is 17.1 Å². The fourth-order valence-electron chi connectivity index (χ4n) is 4.52. The number of nitrogens with one attached hydrogen (secondary N) is 2. The van der Waals surface area contributed by atoms with Crippen LogP contribution in [0.15, 0.2) is 12.4 Å². The van der Waals surface area contributed by atoms with Crippen LogP contribution in [-0.2, 0) is 22.4 Å². The number of aromatic nitrogens is 4. The lowest BCUT2D eigenvalue weighted by atomic mass is 10.0. The van der Waals surface area contributed by atoms with Gasteiger partial charge in [0, 0.05) is 25.3 Å². The van der Waals surface area contributed by atoms with E-state index in [-0.39, 0.29) is 25.1 Å². The molecule has 2 aromatic rings. The van der Waals surface area contributed by atoms with Gasteiger partial charge in [0.1, 0.15) is 5.56 Å². The number of piperidine rings is 2. The first-order valence-electron chi connectivity index (χ1n) is 11.3. The number of anilines is 1. The SMILES string of the molecule is CS(=O)(=O)N1CCC(Nc2ncc(C(F)(F)F)c(-c3cnn(C4CCNCC4)c3C(F)(F)F)n2)CC1. The summed E-state index contributed by atoms with van der Waals surface area (Å²) in [6.07, 6.45) is -6.32. The lowest BCUT2D eigenvalue weighted by Crippen LogP contribution is -2.42. The first kappa shape index (κ1) is 26.6. The molecule has 2 N–H and O–H groups in total. The topological polar surface area (TPSA) is 105 Å². The number of rotatable bonds is 5. The summed E-state index contributed by atoms with van der Waals surface area (Å²) < 4.78 is 109. The third-order valence-electron chi connectivity index (χ3n) is 6.32. The Bertz CT molecular complexity index is 1180. The van der Waals surface area contributed by atoms with E-state index in [4.69, 9.17) is 0 Å². The lowest BCUT2D eigenvalue weighted by Gasteiger charge is -2.30. The van der Waals surface area contributed by atoms with Gasteiger partial charge in [0.05, 0.1) is 29.8 Å². The predicted octanol–water partition coefficient (Wildman–Crippen LogP) is 3.14. The molecule has 4 heterocycles. The highest BCUT2D eigenvalue weighted by Crippen LogP contribution is 2.43. The second-order valence-electron chi connectivity index (χ2n) is 8.86. The molecule has 0 spiro atoms. The Morgan fingerprint density at radius 2 is 1.64 bits per heavy atom. The molecule has 9 nitrogen and oxygen atoms in total. The molecule has 0 atom stereocenters. The Kier molecular flexibility index (Phi) is 7.22. The Morgan fingerprint density at radius 3 is 2.19 bits per heavy atom. The van der Waals surface area contributed by atoms with Crippen LogP contribution in [-0.4, -0.2) is 70.9 Å². The van der Waals surface area contributed by atoms with E-state index in [9.17, 15) is 34.8 Å². The summed E-state index contributed by atoms with van der Waals surface area (Å²) >= 11 is 0. The highest BCUT2D eigenvalue weighted by Gasteiger charge is 2.44. The number of hydrogen-bond donors (Lipinski definition) is 2. The van der Waals surface area contributed by atoms with Crippen molar-refractivity contribution in [2.24, 2.45) is 0 Å². The van der Waals surface area contributed by atoms with Gasteiger partial charge in [-0.1, -0.05) is 0 Å². The van der Waals surface area contributed by atoms with Crippen molar-refractivity contribution in [3.8, 4) is 11.3 Å². The predicted molar refractivity (Wildman–Crippen MR) is 117 cm³/mol. The average molecular weight is 542 g/mol. The molecule has 2 aromatic heterocycles. The van der Waals surface area contributed by atoms with Crippen molar-refractivity contribution in [2.75, 3.05) is 37.8 Å². The van der Waals surface area contributed by atoms with Gasteiger partial charge in [0.15, 0.2) is 5.69 Å². The second-order valence-corrected chi connectivity index (χ2v) is 10.8. The van der Waals surface area contributed by atoms with Gasteiger partial charge in [0.25, 0.3) is 0 Å². The second kappa shape index (κ2) is 9.78. The highest BCUT2D eigenvalue weighted by molar-refractivity contribution is 7.88. The molecule has 0 bridgehead atoms. The van der Waals surface area contributed by atoms with E-state index in [1.807, 2.05) is 0 Å². The number of sulfonamides is 1. The summed E-state index contributed by atoms with van der Waals surface area (Å²) in [5.41, 5.74) is -4.38. The molecular formula is C20H25F6N7O2S. The van der Waals surface area contributed by atoms with Crippen molar-refractivity contribution in [3.05, 3.63) is 23.7 Å². The fourth-order valence-corrected chi connectivity index (χ4v) is 5.40. The Morgan fingerprint density at radius 1 is 1.00 bits per heavy atom. The van der Waals surface area contributed by atoms with E-state index in [0.29, 0.717) is 45.0 Å². The standard InChI is InChI=1S/C20H25F6N7O2S/c1-36(34,35)32-8-4-12(5-9-32)30-18-28-11-15(19(21,22)23)16(31-18)14-10-29-33(17(14)20(24,25)26)13-2-6-27-7-3-13/h10-13,27H,2-9H2,1H3,(H,28,30,31). The van der Waals surface area contributed by atoms with Crippen LogP contribution >= 0.6 is 0 Å². The van der Waals surface area contributed by atoms with Crippen LogP contribution in [0.2, 0.25) is 0 Å². The van der Waals surface area contributed by atoms with Crippen LogP contribution in [0.4, 0.5) is 32.3 Å². The van der Waals surface area contributed by atoms with Gasteiger partial charge in [-0.05, 0) is 38.8 Å². The first-order chi connectivity index (χ1) is 16.7. The highest BCUT2D eigenvalue weighted by atomic mass is 32.2. The Labute approximate surface area is 203 Å². The molecule has 0 aromatic carbocycles. The molecule has 4 rings (SSSR count). The molecule has 0 unspecified atom stereocenters. The maximum atomic E-state index is 14.1. The van der Waals surface area contributed by atoms with Crippen molar-refractivity contribution in [1.29, 1.82) is 0 Å². The Hall–Kier alpha value is -2.46. The minimum atomic E-state index is -5.01. The van der Waals surface area contributed by atoms with Gasteiger partial charge < -0.3 is 10.6 Å². The molecule has 2 aliphatic heterocycles. The normalized spacial score (nSPS) is 19.5. The summed E-state index contributed by atoms with van der Waals surface area (Å²) in [6.45, 7) is 1.30. The van der Waals surface area contributed by atoms with Crippen molar-refractivity contribution < 1.29 is 34.8 Å². The Balaban J connectivity index is 1.70. The van der Waals surface area contributed by atoms with Gasteiger partial charge in [-0.15, -0.1) is 0 Å². The van der Waals surface area contributed by atoms with Gasteiger partial charge in [-0.2, -0.15) is 31.4 Å². The minimum absolute atomic E-state index is 0.186. The molecule has 0 saturated carbocycles. The molecule has 36 heavy (non-hydrogen) atoms. The number of nitrogens with zero attached hydrogens (tertiary/aromatic N) is 5. The molecule has 200 valence electrons. The van der Waals surface area contributed by atoms with Crippen molar-refractivity contribution >= 4 is 16.0 Å². The van der Waals surface area contributed by atoms with Crippen LogP contribution in [0.1, 0.15) is 43.0 Å². The fraction of sp³-hybridized carbons (Fsp3) is 0.650. The van der Waals surface area contributed by atoms with Crippen molar-refractivity contribution in [1.82, 2.24) is 29.4 Å².